The highest BCUT2D eigenvalue weighted by atomic mass is 16.7. The number of benzene rings is 1. The molecule has 1 aliphatic rings. The van der Waals surface area contributed by atoms with Crippen LogP contribution >= 0.6 is 0 Å². The molecule has 0 unspecified atom stereocenters. The molecule has 0 N–H and O–H groups in total. The fourth-order valence-electron chi connectivity index (χ4n) is 2.02. The topological polar surface area (TPSA) is 55.8 Å². The molecule has 0 bridgehead atoms. The van der Waals surface area contributed by atoms with Crippen LogP contribution < -0.4 is 0 Å². The molecule has 0 atom stereocenters. The summed E-state index contributed by atoms with van der Waals surface area (Å²) < 4.78 is 5.23. The Labute approximate surface area is 112 Å². The van der Waals surface area contributed by atoms with E-state index < -0.39 is 0 Å². The zero-order valence-corrected chi connectivity index (χ0v) is 10.9. The average Bonchev–Trinajstić information content (AvgIpc) is 2.47. The molecule has 1 aromatic carbocycles. The molecule has 19 heavy (non-hydrogen) atoms. The molecule has 0 radical (unpaired) electrons. The number of aldehydes is 1. The molecule has 1 saturated heterocycles. The van der Waals surface area contributed by atoms with Gasteiger partial charge in [0.15, 0.2) is 6.29 Å². The van der Waals surface area contributed by atoms with Crippen molar-refractivity contribution < 1.29 is 19.2 Å². The molecule has 2 rings (SSSR count). The van der Waals surface area contributed by atoms with Gasteiger partial charge in [0.2, 0.25) is 0 Å². The lowest BCUT2D eigenvalue weighted by atomic mass is 10.1. The minimum absolute atomic E-state index is 0.00825. The molecule has 1 amide bonds. The molecular formula is C14H17NO4. The fraction of sp³-hybridized carbons (Fsp3) is 0.429. The fourth-order valence-corrected chi connectivity index (χ4v) is 2.02. The van der Waals surface area contributed by atoms with Crippen molar-refractivity contribution in [2.24, 2.45) is 0 Å². The van der Waals surface area contributed by atoms with Crippen LogP contribution in [0.15, 0.2) is 24.3 Å². The second-order valence-corrected chi connectivity index (χ2v) is 4.42. The van der Waals surface area contributed by atoms with E-state index in [-0.39, 0.29) is 12.0 Å². The lowest BCUT2D eigenvalue weighted by molar-refractivity contribution is -0.170. The third kappa shape index (κ3) is 3.39. The van der Waals surface area contributed by atoms with Gasteiger partial charge >= 0.3 is 0 Å². The van der Waals surface area contributed by atoms with Gasteiger partial charge in [-0.15, -0.1) is 0 Å². The molecule has 0 saturated carbocycles. The van der Waals surface area contributed by atoms with Crippen molar-refractivity contribution in [1.29, 1.82) is 0 Å². The van der Waals surface area contributed by atoms with Crippen LogP contribution in [0.25, 0.3) is 0 Å². The molecule has 102 valence electrons. The summed E-state index contributed by atoms with van der Waals surface area (Å²) in [6.07, 6.45) is 2.21. The Balaban J connectivity index is 2.03. The third-order valence-corrected chi connectivity index (χ3v) is 3.08. The summed E-state index contributed by atoms with van der Waals surface area (Å²) in [4.78, 5) is 28.7. The maximum absolute atomic E-state index is 12.2. The van der Waals surface area contributed by atoms with E-state index >= 15 is 0 Å². The van der Waals surface area contributed by atoms with Gasteiger partial charge in [-0.1, -0.05) is 18.2 Å². The normalized spacial score (nSPS) is 16.1. The predicted octanol–water partition coefficient (Wildman–Crippen LogP) is 1.68. The molecule has 0 aliphatic carbocycles. The van der Waals surface area contributed by atoms with Crippen LogP contribution in [-0.2, 0) is 9.57 Å². The number of carbonyl (C=O) groups is 2. The van der Waals surface area contributed by atoms with E-state index in [2.05, 4.69) is 0 Å². The highest BCUT2D eigenvalue weighted by Gasteiger charge is 2.21. The van der Waals surface area contributed by atoms with E-state index in [4.69, 9.17) is 9.57 Å². The number of hydrogen-bond acceptors (Lipinski definition) is 4. The third-order valence-electron chi connectivity index (χ3n) is 3.08. The summed E-state index contributed by atoms with van der Waals surface area (Å²) in [5.41, 5.74) is 0.724. The highest BCUT2D eigenvalue weighted by molar-refractivity contribution is 6.00. The summed E-state index contributed by atoms with van der Waals surface area (Å²) in [5, 5.41) is 1.21. The maximum atomic E-state index is 12.2. The van der Waals surface area contributed by atoms with Crippen molar-refractivity contribution in [2.75, 3.05) is 20.3 Å². The van der Waals surface area contributed by atoms with Crippen molar-refractivity contribution in [3.8, 4) is 0 Å². The Morgan fingerprint density at radius 3 is 2.74 bits per heavy atom. The maximum Gasteiger partial charge on any atom is 0.277 e. The number of amides is 1. The summed E-state index contributed by atoms with van der Waals surface area (Å²) in [5.74, 6) is -0.311. The molecule has 5 heteroatoms. The van der Waals surface area contributed by atoms with Gasteiger partial charge in [-0.2, -0.15) is 0 Å². The number of nitrogens with zero attached hydrogens (tertiary/aromatic N) is 1. The van der Waals surface area contributed by atoms with Gasteiger partial charge in [0, 0.05) is 25.8 Å². The second-order valence-electron chi connectivity index (χ2n) is 4.42. The van der Waals surface area contributed by atoms with Gasteiger partial charge < -0.3 is 4.74 Å². The van der Waals surface area contributed by atoms with Crippen LogP contribution in [0.5, 0.6) is 0 Å². The van der Waals surface area contributed by atoms with Crippen molar-refractivity contribution in [3.05, 3.63) is 35.4 Å². The second kappa shape index (κ2) is 6.45. The number of carbonyl (C=O) groups excluding carboxylic acids is 2. The van der Waals surface area contributed by atoms with Crippen molar-refractivity contribution in [3.63, 3.8) is 0 Å². The Morgan fingerprint density at radius 1 is 1.37 bits per heavy atom. The van der Waals surface area contributed by atoms with Gasteiger partial charge in [0.05, 0.1) is 11.7 Å². The zero-order chi connectivity index (χ0) is 13.7. The summed E-state index contributed by atoms with van der Waals surface area (Å²) in [6, 6.07) is 6.68. The number of ether oxygens (including phenoxy) is 1. The van der Waals surface area contributed by atoms with Crippen LogP contribution in [0.3, 0.4) is 0 Å². The Hall–Kier alpha value is -1.72. The number of rotatable bonds is 4. The molecule has 0 spiro atoms. The zero-order valence-electron chi connectivity index (χ0n) is 10.9. The van der Waals surface area contributed by atoms with Gasteiger partial charge in [0.1, 0.15) is 0 Å². The quantitative estimate of drug-likeness (QED) is 0.612. The first kappa shape index (κ1) is 13.7. The molecular weight excluding hydrogens is 246 g/mol. The van der Waals surface area contributed by atoms with E-state index in [0.29, 0.717) is 30.6 Å². The Morgan fingerprint density at radius 2 is 2.05 bits per heavy atom. The van der Waals surface area contributed by atoms with E-state index in [9.17, 15) is 9.59 Å². The van der Waals surface area contributed by atoms with Crippen molar-refractivity contribution >= 4 is 12.2 Å². The van der Waals surface area contributed by atoms with Crippen LogP contribution in [0, 0.1) is 0 Å². The minimum Gasteiger partial charge on any atom is -0.381 e. The first-order valence-corrected chi connectivity index (χ1v) is 6.29. The van der Waals surface area contributed by atoms with Gasteiger partial charge in [0.25, 0.3) is 5.91 Å². The lowest BCUT2D eigenvalue weighted by Gasteiger charge is -2.27. The van der Waals surface area contributed by atoms with E-state index in [1.165, 1.54) is 5.06 Å². The van der Waals surface area contributed by atoms with E-state index in [1.54, 1.807) is 31.3 Å². The smallest absolute Gasteiger partial charge is 0.277 e. The average molecular weight is 263 g/mol. The van der Waals surface area contributed by atoms with Crippen LogP contribution in [0.1, 0.15) is 33.6 Å². The summed E-state index contributed by atoms with van der Waals surface area (Å²) >= 11 is 0. The summed E-state index contributed by atoms with van der Waals surface area (Å²) in [7, 11) is 1.57. The van der Waals surface area contributed by atoms with Gasteiger partial charge in [-0.25, -0.2) is 5.06 Å². The molecule has 0 aromatic heterocycles. The molecule has 1 aromatic rings. The van der Waals surface area contributed by atoms with E-state index in [0.717, 1.165) is 12.8 Å². The SMILES string of the molecule is CN(OC1CCOCC1)C(=O)c1ccccc1C=O. The summed E-state index contributed by atoms with van der Waals surface area (Å²) in [6.45, 7) is 1.30. The monoisotopic (exact) mass is 263 g/mol. The first-order chi connectivity index (χ1) is 9.22. The Bertz CT molecular complexity index is 455. The molecule has 1 heterocycles. The standard InChI is InChI=1S/C14H17NO4/c1-15(19-12-6-8-18-9-7-12)14(17)13-5-3-2-4-11(13)10-16/h2-5,10,12H,6-9H2,1H3. The van der Waals surface area contributed by atoms with Gasteiger partial charge in [-0.05, 0) is 18.9 Å². The molecule has 1 aliphatic heterocycles. The number of hydrogen-bond donors (Lipinski definition) is 0. The van der Waals surface area contributed by atoms with Crippen LogP contribution in [0.2, 0.25) is 0 Å². The van der Waals surface area contributed by atoms with E-state index in [1.807, 2.05) is 0 Å². The Kier molecular flexibility index (Phi) is 4.65. The number of hydroxylamine groups is 2. The molecule has 1 fully saturated rings. The lowest BCUT2D eigenvalue weighted by Crippen LogP contribution is -2.35. The largest absolute Gasteiger partial charge is 0.381 e. The van der Waals surface area contributed by atoms with Crippen LogP contribution in [-0.4, -0.2) is 43.6 Å². The molecule has 5 nitrogen and oxygen atoms in total. The van der Waals surface area contributed by atoms with Crippen molar-refractivity contribution in [1.82, 2.24) is 5.06 Å². The van der Waals surface area contributed by atoms with Gasteiger partial charge in [-0.3, -0.25) is 14.4 Å². The van der Waals surface area contributed by atoms with Crippen molar-refractivity contribution in [2.45, 2.75) is 18.9 Å². The first-order valence-electron chi connectivity index (χ1n) is 6.29. The minimum atomic E-state index is -0.311. The van der Waals surface area contributed by atoms with Crippen LogP contribution in [0.4, 0.5) is 0 Å². The highest BCUT2D eigenvalue weighted by Crippen LogP contribution is 2.15. The predicted molar refractivity (Wildman–Crippen MR) is 68.8 cm³/mol.